The Morgan fingerprint density at radius 3 is 2.79 bits per heavy atom. The van der Waals surface area contributed by atoms with Crippen molar-refractivity contribution in [2.75, 3.05) is 12.4 Å². The summed E-state index contributed by atoms with van der Waals surface area (Å²) < 4.78 is 5.22. The van der Waals surface area contributed by atoms with E-state index >= 15 is 0 Å². The molecule has 2 aliphatic carbocycles. The topological polar surface area (TPSA) is 50.4 Å². The third-order valence-electron chi connectivity index (χ3n) is 4.41. The van der Waals surface area contributed by atoms with Crippen LogP contribution in [0.1, 0.15) is 25.7 Å². The number of hydrogen-bond acceptors (Lipinski definition) is 2. The number of amides is 2. The molecule has 0 aromatic heterocycles. The van der Waals surface area contributed by atoms with Gasteiger partial charge in [-0.3, -0.25) is 0 Å². The van der Waals surface area contributed by atoms with Crippen LogP contribution in [0.5, 0.6) is 5.75 Å². The Hall–Kier alpha value is -1.71. The summed E-state index contributed by atoms with van der Waals surface area (Å²) in [4.78, 5) is 12.0. The van der Waals surface area contributed by atoms with Crippen molar-refractivity contribution in [1.82, 2.24) is 5.32 Å². The van der Waals surface area contributed by atoms with Crippen molar-refractivity contribution in [2.24, 2.45) is 11.8 Å². The van der Waals surface area contributed by atoms with Crippen molar-refractivity contribution in [3.63, 3.8) is 0 Å². The van der Waals surface area contributed by atoms with Crippen LogP contribution >= 0.6 is 0 Å². The number of urea groups is 1. The second-order valence-corrected chi connectivity index (χ2v) is 5.58. The first-order chi connectivity index (χ1) is 9.26. The molecule has 2 fully saturated rings. The van der Waals surface area contributed by atoms with Crippen LogP contribution in [0, 0.1) is 11.8 Å². The zero-order valence-corrected chi connectivity index (χ0v) is 11.2. The molecule has 1 aromatic carbocycles. The molecule has 4 nitrogen and oxygen atoms in total. The van der Waals surface area contributed by atoms with Crippen molar-refractivity contribution in [3.8, 4) is 5.75 Å². The molecule has 0 saturated heterocycles. The van der Waals surface area contributed by atoms with Gasteiger partial charge in [0.2, 0.25) is 0 Å². The molecule has 0 spiro atoms. The van der Waals surface area contributed by atoms with Crippen LogP contribution in [0.15, 0.2) is 24.3 Å². The predicted molar refractivity (Wildman–Crippen MR) is 74.4 cm³/mol. The summed E-state index contributed by atoms with van der Waals surface area (Å²) in [5.74, 6) is 2.21. The fourth-order valence-electron chi connectivity index (χ4n) is 3.50. The van der Waals surface area contributed by atoms with Crippen LogP contribution < -0.4 is 15.4 Å². The maximum Gasteiger partial charge on any atom is 0.319 e. The van der Waals surface area contributed by atoms with Gasteiger partial charge in [-0.05, 0) is 43.2 Å². The molecule has 3 rings (SSSR count). The average Bonchev–Trinajstić information content (AvgIpc) is 3.01. The van der Waals surface area contributed by atoms with Crippen LogP contribution in [-0.4, -0.2) is 19.2 Å². The maximum atomic E-state index is 12.0. The van der Waals surface area contributed by atoms with E-state index in [0.717, 1.165) is 12.3 Å². The zero-order valence-electron chi connectivity index (χ0n) is 11.2. The molecule has 0 heterocycles. The standard InChI is InChI=1S/C15H20N2O2/c1-19-14-5-3-2-4-12(14)16-15(18)17-13-9-10-6-7-11(13)8-10/h2-5,10-11,13H,6-9H2,1H3,(H2,16,17,18). The van der Waals surface area contributed by atoms with Gasteiger partial charge in [-0.2, -0.15) is 0 Å². The first kappa shape index (κ1) is 12.3. The molecule has 2 N–H and O–H groups in total. The highest BCUT2D eigenvalue weighted by atomic mass is 16.5. The van der Waals surface area contributed by atoms with Crippen LogP contribution in [-0.2, 0) is 0 Å². The van der Waals surface area contributed by atoms with Gasteiger partial charge in [0.1, 0.15) is 5.75 Å². The molecule has 3 unspecified atom stereocenters. The Labute approximate surface area is 113 Å². The Morgan fingerprint density at radius 1 is 1.26 bits per heavy atom. The van der Waals surface area contributed by atoms with Gasteiger partial charge in [0.15, 0.2) is 0 Å². The van der Waals surface area contributed by atoms with Gasteiger partial charge in [0.05, 0.1) is 12.8 Å². The molecule has 2 amide bonds. The second-order valence-electron chi connectivity index (χ2n) is 5.58. The van der Waals surface area contributed by atoms with Crippen LogP contribution in [0.3, 0.4) is 0 Å². The van der Waals surface area contributed by atoms with Crippen LogP contribution in [0.4, 0.5) is 10.5 Å². The molecular formula is C15H20N2O2. The average molecular weight is 260 g/mol. The lowest BCUT2D eigenvalue weighted by atomic mass is 9.95. The number of ether oxygens (including phenoxy) is 1. The number of para-hydroxylation sites is 2. The Bertz CT molecular complexity index is 475. The van der Waals surface area contributed by atoms with Gasteiger partial charge in [-0.1, -0.05) is 18.6 Å². The van der Waals surface area contributed by atoms with Crippen molar-refractivity contribution < 1.29 is 9.53 Å². The largest absolute Gasteiger partial charge is 0.495 e. The van der Waals surface area contributed by atoms with Gasteiger partial charge in [-0.15, -0.1) is 0 Å². The minimum absolute atomic E-state index is 0.123. The van der Waals surface area contributed by atoms with Crippen LogP contribution in [0.2, 0.25) is 0 Å². The van der Waals surface area contributed by atoms with E-state index < -0.39 is 0 Å². The summed E-state index contributed by atoms with van der Waals surface area (Å²) >= 11 is 0. The van der Waals surface area contributed by atoms with Crippen molar-refractivity contribution in [2.45, 2.75) is 31.7 Å². The lowest BCUT2D eigenvalue weighted by Gasteiger charge is -2.23. The van der Waals surface area contributed by atoms with Gasteiger partial charge in [-0.25, -0.2) is 4.79 Å². The quantitative estimate of drug-likeness (QED) is 0.877. The minimum atomic E-state index is -0.123. The van der Waals surface area contributed by atoms with E-state index in [2.05, 4.69) is 10.6 Å². The lowest BCUT2D eigenvalue weighted by molar-refractivity contribution is 0.242. The summed E-state index contributed by atoms with van der Waals surface area (Å²) in [7, 11) is 1.61. The minimum Gasteiger partial charge on any atom is -0.495 e. The first-order valence-electron chi connectivity index (χ1n) is 6.97. The van der Waals surface area contributed by atoms with E-state index in [1.54, 1.807) is 7.11 Å². The third-order valence-corrected chi connectivity index (χ3v) is 4.41. The summed E-state index contributed by atoms with van der Waals surface area (Å²) in [5.41, 5.74) is 0.714. The van der Waals surface area contributed by atoms with Crippen molar-refractivity contribution in [3.05, 3.63) is 24.3 Å². The van der Waals surface area contributed by atoms with Gasteiger partial charge in [0.25, 0.3) is 0 Å². The van der Waals surface area contributed by atoms with E-state index in [1.165, 1.54) is 19.3 Å². The monoisotopic (exact) mass is 260 g/mol. The van der Waals surface area contributed by atoms with E-state index in [0.29, 0.717) is 23.4 Å². The molecule has 2 saturated carbocycles. The van der Waals surface area contributed by atoms with Crippen LogP contribution in [0.25, 0.3) is 0 Å². The smallest absolute Gasteiger partial charge is 0.319 e. The normalized spacial score (nSPS) is 28.2. The summed E-state index contributed by atoms with van der Waals surface area (Å²) in [5, 5.41) is 5.98. The van der Waals surface area contributed by atoms with Crippen molar-refractivity contribution in [1.29, 1.82) is 0 Å². The number of anilines is 1. The number of carbonyl (C=O) groups excluding carboxylic acids is 1. The highest BCUT2D eigenvalue weighted by molar-refractivity contribution is 5.91. The molecule has 0 radical (unpaired) electrons. The Balaban J connectivity index is 1.59. The van der Waals surface area contributed by atoms with E-state index in [9.17, 15) is 4.79 Å². The molecule has 0 aliphatic heterocycles. The van der Waals surface area contributed by atoms with Gasteiger partial charge < -0.3 is 15.4 Å². The molecule has 1 aromatic rings. The lowest BCUT2D eigenvalue weighted by Crippen LogP contribution is -2.41. The third kappa shape index (κ3) is 2.53. The Kier molecular flexibility index (Phi) is 3.32. The number of fused-ring (bicyclic) bond motifs is 2. The SMILES string of the molecule is COc1ccccc1NC(=O)NC1CC2CCC1C2. The summed E-state index contributed by atoms with van der Waals surface area (Å²) in [6.45, 7) is 0. The summed E-state index contributed by atoms with van der Waals surface area (Å²) in [6.07, 6.45) is 5.05. The molecule has 2 aliphatic rings. The Morgan fingerprint density at radius 2 is 2.11 bits per heavy atom. The fraction of sp³-hybridized carbons (Fsp3) is 0.533. The molecule has 3 atom stereocenters. The molecule has 2 bridgehead atoms. The zero-order chi connectivity index (χ0) is 13.2. The molecule has 19 heavy (non-hydrogen) atoms. The van der Waals surface area contributed by atoms with Gasteiger partial charge >= 0.3 is 6.03 Å². The molecular weight excluding hydrogens is 240 g/mol. The predicted octanol–water partition coefficient (Wildman–Crippen LogP) is 3.01. The van der Waals surface area contributed by atoms with Crippen molar-refractivity contribution >= 4 is 11.7 Å². The number of rotatable bonds is 3. The van der Waals surface area contributed by atoms with E-state index in [1.807, 2.05) is 24.3 Å². The maximum absolute atomic E-state index is 12.0. The number of hydrogen-bond donors (Lipinski definition) is 2. The molecule has 4 heteroatoms. The summed E-state index contributed by atoms with van der Waals surface area (Å²) in [6, 6.07) is 7.69. The number of benzene rings is 1. The highest BCUT2D eigenvalue weighted by Crippen LogP contribution is 2.44. The number of methoxy groups -OCH3 is 1. The first-order valence-corrected chi connectivity index (χ1v) is 6.97. The number of carbonyl (C=O) groups is 1. The second kappa shape index (κ2) is 5.11. The molecule has 102 valence electrons. The fourth-order valence-corrected chi connectivity index (χ4v) is 3.50. The number of nitrogens with one attached hydrogen (secondary N) is 2. The highest BCUT2D eigenvalue weighted by Gasteiger charge is 2.40. The van der Waals surface area contributed by atoms with Gasteiger partial charge in [0, 0.05) is 6.04 Å². The van der Waals surface area contributed by atoms with E-state index in [-0.39, 0.29) is 6.03 Å². The van der Waals surface area contributed by atoms with E-state index in [4.69, 9.17) is 4.74 Å².